The number of aryl methyl sites for hydroxylation is 4. The van der Waals surface area contributed by atoms with E-state index in [0.29, 0.717) is 10.9 Å². The van der Waals surface area contributed by atoms with Crippen molar-refractivity contribution in [2.24, 2.45) is 14.1 Å². The van der Waals surface area contributed by atoms with E-state index in [1.54, 1.807) is 11.6 Å². The second-order valence-electron chi connectivity index (χ2n) is 9.69. The average molecular weight is 478 g/mol. The third-order valence-corrected chi connectivity index (χ3v) is 7.24. The molecule has 1 atom stereocenters. The van der Waals surface area contributed by atoms with Crippen molar-refractivity contribution in [3.63, 3.8) is 0 Å². The Morgan fingerprint density at radius 2 is 1.50 bits per heavy atom. The van der Waals surface area contributed by atoms with Crippen LogP contribution in [0.2, 0.25) is 0 Å². The third kappa shape index (κ3) is 3.04. The second kappa shape index (κ2) is 7.85. The first-order valence-corrected chi connectivity index (χ1v) is 12.0. The molecule has 1 unspecified atom stereocenters. The van der Waals surface area contributed by atoms with Gasteiger partial charge in [-0.3, -0.25) is 13.9 Å². The van der Waals surface area contributed by atoms with Gasteiger partial charge in [0, 0.05) is 19.7 Å². The lowest BCUT2D eigenvalue weighted by molar-refractivity contribution is 0.229. The first-order valence-electron chi connectivity index (χ1n) is 12.0. The van der Waals surface area contributed by atoms with Crippen molar-refractivity contribution in [1.29, 1.82) is 0 Å². The van der Waals surface area contributed by atoms with Crippen molar-refractivity contribution in [2.45, 2.75) is 26.9 Å². The van der Waals surface area contributed by atoms with Crippen LogP contribution in [0.5, 0.6) is 5.75 Å². The van der Waals surface area contributed by atoms with Gasteiger partial charge in [0.1, 0.15) is 5.75 Å². The summed E-state index contributed by atoms with van der Waals surface area (Å²) in [5.74, 6) is 0.732. The maximum absolute atomic E-state index is 13.8. The molecular weight excluding hydrogens is 450 g/mol. The number of ether oxygens (including phenoxy) is 1. The molecule has 0 bridgehead atoms. The van der Waals surface area contributed by atoms with Gasteiger partial charge in [0.15, 0.2) is 6.10 Å². The van der Waals surface area contributed by atoms with E-state index in [9.17, 15) is 9.59 Å². The molecule has 1 aliphatic heterocycles. The molecule has 0 amide bonds. The van der Waals surface area contributed by atoms with Crippen molar-refractivity contribution >= 4 is 10.9 Å². The number of nitrogens with zero attached hydrogens (tertiary/aromatic N) is 3. The minimum atomic E-state index is -0.501. The SMILES string of the molecule is Cc1ccc(C2Oc3ccc(C)cc3-n3c(-c4ccccc4C)c4c(=O)n(C)c(=O)n(C)c4c32)cc1. The molecule has 36 heavy (non-hydrogen) atoms. The highest BCUT2D eigenvalue weighted by atomic mass is 16.5. The van der Waals surface area contributed by atoms with Gasteiger partial charge in [-0.05, 0) is 49.6 Å². The van der Waals surface area contributed by atoms with Crippen molar-refractivity contribution in [3.05, 3.63) is 116 Å². The van der Waals surface area contributed by atoms with E-state index in [1.165, 1.54) is 11.6 Å². The Bertz CT molecular complexity index is 1800. The van der Waals surface area contributed by atoms with Crippen LogP contribution in [0.3, 0.4) is 0 Å². The van der Waals surface area contributed by atoms with Gasteiger partial charge in [0.25, 0.3) is 5.56 Å². The standard InChI is InChI=1S/C30H27N3O3/c1-17-10-13-20(14-11-17)28-27-26-24(29(34)32(5)30(35)31(26)4)25(21-9-7-6-8-19(21)3)33(27)22-16-18(2)12-15-23(22)36-28/h6-16,28H,1-5H3. The lowest BCUT2D eigenvalue weighted by atomic mass is 10.0. The normalized spacial score (nSPS) is 14.4. The van der Waals surface area contributed by atoms with Crippen molar-refractivity contribution in [1.82, 2.24) is 13.7 Å². The number of aromatic nitrogens is 3. The highest BCUT2D eigenvalue weighted by Gasteiger charge is 2.36. The predicted molar refractivity (Wildman–Crippen MR) is 142 cm³/mol. The van der Waals surface area contributed by atoms with Crippen LogP contribution in [0.25, 0.3) is 27.8 Å². The van der Waals surface area contributed by atoms with Gasteiger partial charge < -0.3 is 9.30 Å². The maximum Gasteiger partial charge on any atom is 0.331 e. The third-order valence-electron chi connectivity index (χ3n) is 7.24. The number of fused-ring (bicyclic) bond motifs is 5. The summed E-state index contributed by atoms with van der Waals surface area (Å²) >= 11 is 0. The summed E-state index contributed by atoms with van der Waals surface area (Å²) in [5.41, 5.74) is 7.50. The Kier molecular flexibility index (Phi) is 4.83. The van der Waals surface area contributed by atoms with Crippen LogP contribution < -0.4 is 16.0 Å². The van der Waals surface area contributed by atoms with Crippen LogP contribution in [0, 0.1) is 20.8 Å². The van der Waals surface area contributed by atoms with Crippen molar-refractivity contribution < 1.29 is 4.74 Å². The molecule has 180 valence electrons. The molecule has 6 heteroatoms. The molecule has 3 heterocycles. The minimum Gasteiger partial charge on any atom is -0.477 e. The summed E-state index contributed by atoms with van der Waals surface area (Å²) in [6.07, 6.45) is -0.501. The van der Waals surface area contributed by atoms with Crippen molar-refractivity contribution in [3.8, 4) is 22.7 Å². The summed E-state index contributed by atoms with van der Waals surface area (Å²) in [4.78, 5) is 27.0. The molecule has 0 radical (unpaired) electrons. The van der Waals surface area contributed by atoms with Crippen LogP contribution in [0.4, 0.5) is 0 Å². The lowest BCUT2D eigenvalue weighted by Gasteiger charge is -2.30. The van der Waals surface area contributed by atoms with Crippen molar-refractivity contribution in [2.75, 3.05) is 0 Å². The zero-order chi connectivity index (χ0) is 25.3. The van der Waals surface area contributed by atoms with Gasteiger partial charge in [0.2, 0.25) is 0 Å². The molecule has 2 aromatic heterocycles. The summed E-state index contributed by atoms with van der Waals surface area (Å²) < 4.78 is 11.6. The van der Waals surface area contributed by atoms with Gasteiger partial charge in [-0.15, -0.1) is 0 Å². The summed E-state index contributed by atoms with van der Waals surface area (Å²) in [5, 5.41) is 0.513. The summed E-state index contributed by atoms with van der Waals surface area (Å²) in [7, 11) is 3.26. The highest BCUT2D eigenvalue weighted by Crippen LogP contribution is 2.47. The first kappa shape index (κ1) is 22.2. The Labute approximate surface area is 208 Å². The Morgan fingerprint density at radius 3 is 2.22 bits per heavy atom. The number of benzene rings is 3. The lowest BCUT2D eigenvalue weighted by Crippen LogP contribution is -2.37. The van der Waals surface area contributed by atoms with E-state index in [-0.39, 0.29) is 11.2 Å². The number of hydrogen-bond donors (Lipinski definition) is 0. The highest BCUT2D eigenvalue weighted by molar-refractivity contribution is 5.99. The smallest absolute Gasteiger partial charge is 0.331 e. The monoisotopic (exact) mass is 477 g/mol. The maximum atomic E-state index is 13.8. The van der Waals surface area contributed by atoms with Gasteiger partial charge in [-0.25, -0.2) is 4.79 Å². The van der Waals surface area contributed by atoms with E-state index < -0.39 is 6.10 Å². The van der Waals surface area contributed by atoms with Crippen LogP contribution in [0.1, 0.15) is 34.1 Å². The topological polar surface area (TPSA) is 58.2 Å². The first-order chi connectivity index (χ1) is 17.3. The quantitative estimate of drug-likeness (QED) is 0.355. The largest absolute Gasteiger partial charge is 0.477 e. The van der Waals surface area contributed by atoms with Crippen LogP contribution in [-0.4, -0.2) is 13.7 Å². The molecule has 6 rings (SSSR count). The fourth-order valence-corrected chi connectivity index (χ4v) is 5.33. The molecule has 6 nitrogen and oxygen atoms in total. The van der Waals surface area contributed by atoms with E-state index in [1.807, 2.05) is 57.2 Å². The molecule has 0 N–H and O–H groups in total. The van der Waals surface area contributed by atoms with Gasteiger partial charge in [-0.2, -0.15) is 0 Å². The van der Waals surface area contributed by atoms with E-state index in [4.69, 9.17) is 4.74 Å². The predicted octanol–water partition coefficient (Wildman–Crippen LogP) is 5.10. The molecule has 0 aliphatic carbocycles. The number of hydrogen-bond acceptors (Lipinski definition) is 3. The van der Waals surface area contributed by atoms with E-state index in [0.717, 1.165) is 50.6 Å². The zero-order valence-electron chi connectivity index (χ0n) is 21.0. The summed E-state index contributed by atoms with van der Waals surface area (Å²) in [6, 6.07) is 22.4. The molecule has 3 aromatic carbocycles. The fourth-order valence-electron chi connectivity index (χ4n) is 5.33. The van der Waals surface area contributed by atoms with E-state index >= 15 is 0 Å². The number of rotatable bonds is 2. The van der Waals surface area contributed by atoms with E-state index in [2.05, 4.69) is 34.9 Å². The molecule has 0 fully saturated rings. The molecular formula is C30H27N3O3. The molecule has 0 saturated heterocycles. The van der Waals surface area contributed by atoms with Crippen LogP contribution in [0.15, 0.2) is 76.3 Å². The van der Waals surface area contributed by atoms with Crippen LogP contribution >= 0.6 is 0 Å². The molecule has 0 spiro atoms. The summed E-state index contributed by atoms with van der Waals surface area (Å²) in [6.45, 7) is 6.13. The molecule has 1 aliphatic rings. The molecule has 0 saturated carbocycles. The van der Waals surface area contributed by atoms with Gasteiger partial charge in [-0.1, -0.05) is 60.2 Å². The Hall–Kier alpha value is -4.32. The Balaban J connectivity index is 1.88. The zero-order valence-corrected chi connectivity index (χ0v) is 21.0. The van der Waals surface area contributed by atoms with Crippen LogP contribution in [-0.2, 0) is 14.1 Å². The van der Waals surface area contributed by atoms with Gasteiger partial charge in [0.05, 0.1) is 28.0 Å². The Morgan fingerprint density at radius 1 is 0.806 bits per heavy atom. The minimum absolute atomic E-state index is 0.315. The molecule has 5 aromatic rings. The fraction of sp³-hybridized carbons (Fsp3) is 0.200. The average Bonchev–Trinajstić information content (AvgIpc) is 3.23. The second-order valence-corrected chi connectivity index (χ2v) is 9.69. The van der Waals surface area contributed by atoms with Gasteiger partial charge >= 0.3 is 5.69 Å².